The minimum absolute atomic E-state index is 0.386. The van der Waals surface area contributed by atoms with Crippen LogP contribution in [0.15, 0.2) is 47.5 Å². The molecule has 1 fully saturated rings. The second-order valence-corrected chi connectivity index (χ2v) is 7.12. The summed E-state index contributed by atoms with van der Waals surface area (Å²) in [5.41, 5.74) is 2.29. The minimum atomic E-state index is 0.386. The number of anilines is 1. The van der Waals surface area contributed by atoms with Crippen molar-refractivity contribution in [3.05, 3.63) is 48.6 Å². The molecular weight excluding hydrogens is 340 g/mol. The molecule has 0 spiro atoms. The van der Waals surface area contributed by atoms with Gasteiger partial charge in [0.15, 0.2) is 11.6 Å². The smallest absolute Gasteiger partial charge is 0.179 e. The van der Waals surface area contributed by atoms with Gasteiger partial charge in [0.25, 0.3) is 0 Å². The normalized spacial score (nSPS) is 18.1. The first-order chi connectivity index (χ1) is 13.3. The molecule has 0 N–H and O–H groups in total. The van der Waals surface area contributed by atoms with Crippen molar-refractivity contribution >= 4 is 16.8 Å². The lowest BCUT2D eigenvalue weighted by Crippen LogP contribution is -2.52. The molecule has 1 atom stereocenters. The third kappa shape index (κ3) is 3.76. The fourth-order valence-corrected chi connectivity index (χ4v) is 3.94. The molecule has 1 aliphatic heterocycles. The Morgan fingerprint density at radius 1 is 1.26 bits per heavy atom. The fourth-order valence-electron chi connectivity index (χ4n) is 3.94. The number of rotatable bonds is 6. The van der Waals surface area contributed by atoms with Gasteiger partial charge >= 0.3 is 0 Å². The molecule has 1 unspecified atom stereocenters. The predicted molar refractivity (Wildman–Crippen MR) is 106 cm³/mol. The van der Waals surface area contributed by atoms with Crippen molar-refractivity contribution in [3.63, 3.8) is 0 Å². The standard InChI is InChI=1S/C21H26N4O2/c1-16-13-24(10-11-25(16)21-20(26-2)12-22-15-23-21)9-5-6-17-14-27-19-8-4-3-7-18(17)19/h3-4,7-8,12,14-16H,5-6,9-11,13H2,1-2H3. The van der Waals surface area contributed by atoms with E-state index in [4.69, 9.17) is 9.15 Å². The highest BCUT2D eigenvalue weighted by molar-refractivity contribution is 5.80. The van der Waals surface area contributed by atoms with Crippen LogP contribution in [0.1, 0.15) is 18.9 Å². The van der Waals surface area contributed by atoms with E-state index in [1.807, 2.05) is 18.4 Å². The Kier molecular flexibility index (Phi) is 5.25. The van der Waals surface area contributed by atoms with E-state index in [9.17, 15) is 0 Å². The third-order valence-electron chi connectivity index (χ3n) is 5.34. The quantitative estimate of drug-likeness (QED) is 0.667. The summed E-state index contributed by atoms with van der Waals surface area (Å²) in [6, 6.07) is 8.65. The van der Waals surface area contributed by atoms with Crippen molar-refractivity contribution in [2.45, 2.75) is 25.8 Å². The Bertz CT molecular complexity index is 895. The maximum absolute atomic E-state index is 5.65. The number of piperazine rings is 1. The molecule has 142 valence electrons. The van der Waals surface area contributed by atoms with Crippen molar-refractivity contribution in [1.82, 2.24) is 14.9 Å². The molecule has 0 saturated carbocycles. The number of aromatic nitrogens is 2. The second-order valence-electron chi connectivity index (χ2n) is 7.12. The summed E-state index contributed by atoms with van der Waals surface area (Å²) in [6.07, 6.45) is 7.41. The average Bonchev–Trinajstić information content (AvgIpc) is 3.11. The second kappa shape index (κ2) is 7.96. The highest BCUT2D eigenvalue weighted by Crippen LogP contribution is 2.27. The molecule has 3 heterocycles. The molecule has 1 saturated heterocycles. The van der Waals surface area contributed by atoms with Crippen LogP contribution in [0.3, 0.4) is 0 Å². The van der Waals surface area contributed by atoms with Gasteiger partial charge in [0.1, 0.15) is 11.9 Å². The Morgan fingerprint density at radius 3 is 3.00 bits per heavy atom. The van der Waals surface area contributed by atoms with Crippen LogP contribution >= 0.6 is 0 Å². The number of nitrogens with zero attached hydrogens (tertiary/aromatic N) is 4. The van der Waals surface area contributed by atoms with Crippen molar-refractivity contribution in [1.29, 1.82) is 0 Å². The Labute approximate surface area is 159 Å². The SMILES string of the molecule is COc1cncnc1N1CCN(CCCc2coc3ccccc23)CC1C. The summed E-state index contributed by atoms with van der Waals surface area (Å²) in [6.45, 7) is 6.35. The van der Waals surface area contributed by atoms with Crippen LogP contribution in [0.2, 0.25) is 0 Å². The monoisotopic (exact) mass is 366 g/mol. The van der Waals surface area contributed by atoms with Crippen LogP contribution in [0.5, 0.6) is 5.75 Å². The van der Waals surface area contributed by atoms with Gasteiger partial charge in [-0.25, -0.2) is 9.97 Å². The van der Waals surface area contributed by atoms with Gasteiger partial charge in [-0.15, -0.1) is 0 Å². The summed E-state index contributed by atoms with van der Waals surface area (Å²) in [5.74, 6) is 1.63. The van der Waals surface area contributed by atoms with Crippen molar-refractivity contribution in [3.8, 4) is 5.75 Å². The fraction of sp³-hybridized carbons (Fsp3) is 0.429. The molecule has 27 heavy (non-hydrogen) atoms. The van der Waals surface area contributed by atoms with Crippen molar-refractivity contribution < 1.29 is 9.15 Å². The highest BCUT2D eigenvalue weighted by Gasteiger charge is 2.26. The van der Waals surface area contributed by atoms with Gasteiger partial charge in [-0.1, -0.05) is 18.2 Å². The van der Waals surface area contributed by atoms with E-state index in [2.05, 4.69) is 38.8 Å². The molecule has 6 nitrogen and oxygen atoms in total. The van der Waals surface area contributed by atoms with Crippen LogP contribution in [0, 0.1) is 0 Å². The van der Waals surface area contributed by atoms with Crippen molar-refractivity contribution in [2.75, 3.05) is 38.2 Å². The van der Waals surface area contributed by atoms with Gasteiger partial charge in [-0.2, -0.15) is 0 Å². The van der Waals surface area contributed by atoms with Crippen LogP contribution in [-0.4, -0.2) is 54.2 Å². The maximum Gasteiger partial charge on any atom is 0.179 e. The van der Waals surface area contributed by atoms with Crippen LogP contribution < -0.4 is 9.64 Å². The van der Waals surface area contributed by atoms with Crippen molar-refractivity contribution in [2.24, 2.45) is 0 Å². The third-order valence-corrected chi connectivity index (χ3v) is 5.34. The van der Waals surface area contributed by atoms with Gasteiger partial charge in [0.2, 0.25) is 0 Å². The molecule has 1 aliphatic rings. The van der Waals surface area contributed by atoms with E-state index >= 15 is 0 Å². The number of hydrogen-bond acceptors (Lipinski definition) is 6. The molecule has 0 aliphatic carbocycles. The molecule has 3 aromatic rings. The lowest BCUT2D eigenvalue weighted by atomic mass is 10.1. The number of ether oxygens (including phenoxy) is 1. The number of aryl methyl sites for hydroxylation is 1. The van der Waals surface area contributed by atoms with E-state index in [1.54, 1.807) is 19.6 Å². The summed E-state index contributed by atoms with van der Waals surface area (Å²) < 4.78 is 11.1. The largest absolute Gasteiger partial charge is 0.491 e. The Morgan fingerprint density at radius 2 is 2.15 bits per heavy atom. The maximum atomic E-state index is 5.65. The number of fused-ring (bicyclic) bond motifs is 1. The van der Waals surface area contributed by atoms with Gasteiger partial charge in [0, 0.05) is 31.1 Å². The number of hydrogen-bond donors (Lipinski definition) is 0. The van der Waals surface area contributed by atoms with Crippen LogP contribution in [-0.2, 0) is 6.42 Å². The lowest BCUT2D eigenvalue weighted by molar-refractivity contribution is 0.225. The molecule has 6 heteroatoms. The first-order valence-corrected chi connectivity index (χ1v) is 9.54. The van der Waals surface area contributed by atoms with Gasteiger partial charge in [0.05, 0.1) is 19.6 Å². The summed E-state index contributed by atoms with van der Waals surface area (Å²) >= 11 is 0. The number of furan rings is 1. The van der Waals surface area contributed by atoms with E-state index in [-0.39, 0.29) is 0 Å². The zero-order chi connectivity index (χ0) is 18.6. The van der Waals surface area contributed by atoms with Gasteiger partial charge in [-0.05, 0) is 37.9 Å². The first kappa shape index (κ1) is 17.8. The Hall–Kier alpha value is -2.60. The predicted octanol–water partition coefficient (Wildman–Crippen LogP) is 3.37. The number of methoxy groups -OCH3 is 1. The molecule has 0 radical (unpaired) electrons. The Balaban J connectivity index is 1.32. The van der Waals surface area contributed by atoms with E-state index < -0.39 is 0 Å². The molecule has 0 amide bonds. The summed E-state index contributed by atoms with van der Waals surface area (Å²) in [7, 11) is 1.67. The van der Waals surface area contributed by atoms with Crippen LogP contribution in [0.25, 0.3) is 11.0 Å². The van der Waals surface area contributed by atoms with E-state index in [0.29, 0.717) is 6.04 Å². The zero-order valence-electron chi connectivity index (χ0n) is 16.0. The zero-order valence-corrected chi connectivity index (χ0v) is 16.0. The average molecular weight is 366 g/mol. The molecular formula is C21H26N4O2. The summed E-state index contributed by atoms with van der Waals surface area (Å²) in [5, 5.41) is 1.24. The molecule has 1 aromatic carbocycles. The van der Waals surface area contributed by atoms with Crippen LogP contribution in [0.4, 0.5) is 5.82 Å². The molecule has 4 rings (SSSR count). The minimum Gasteiger partial charge on any atom is -0.491 e. The lowest BCUT2D eigenvalue weighted by Gasteiger charge is -2.40. The number of benzene rings is 1. The van der Waals surface area contributed by atoms with Gasteiger partial charge in [-0.3, -0.25) is 4.90 Å². The molecule has 2 aromatic heterocycles. The topological polar surface area (TPSA) is 54.6 Å². The number of para-hydroxylation sites is 1. The summed E-state index contributed by atoms with van der Waals surface area (Å²) in [4.78, 5) is 13.3. The first-order valence-electron chi connectivity index (χ1n) is 9.54. The van der Waals surface area contributed by atoms with Gasteiger partial charge < -0.3 is 14.1 Å². The van der Waals surface area contributed by atoms with E-state index in [1.165, 1.54) is 10.9 Å². The molecule has 0 bridgehead atoms. The highest BCUT2D eigenvalue weighted by atomic mass is 16.5. The van der Waals surface area contributed by atoms with E-state index in [0.717, 1.165) is 56.2 Å².